The molecular formula is C16H33NO. The Morgan fingerprint density at radius 1 is 1.22 bits per heavy atom. The summed E-state index contributed by atoms with van der Waals surface area (Å²) in [4.78, 5) is 2.47. The summed E-state index contributed by atoms with van der Waals surface area (Å²) in [5, 5.41) is 10.3. The van der Waals surface area contributed by atoms with Gasteiger partial charge in [0.05, 0.1) is 6.10 Å². The van der Waals surface area contributed by atoms with E-state index in [1.54, 1.807) is 0 Å². The number of nitrogens with zero attached hydrogens (tertiary/aromatic N) is 1. The molecule has 0 amide bonds. The van der Waals surface area contributed by atoms with Crippen molar-refractivity contribution in [3.63, 3.8) is 0 Å². The van der Waals surface area contributed by atoms with Gasteiger partial charge in [-0.25, -0.2) is 0 Å². The van der Waals surface area contributed by atoms with E-state index in [-0.39, 0.29) is 6.10 Å². The fourth-order valence-electron chi connectivity index (χ4n) is 3.47. The first-order chi connectivity index (χ1) is 8.33. The van der Waals surface area contributed by atoms with E-state index in [2.05, 4.69) is 46.4 Å². The van der Waals surface area contributed by atoms with Crippen LogP contribution >= 0.6 is 0 Å². The predicted octanol–water partition coefficient (Wildman–Crippen LogP) is 3.68. The molecule has 3 unspecified atom stereocenters. The molecule has 0 saturated heterocycles. The van der Waals surface area contributed by atoms with Crippen molar-refractivity contribution in [1.29, 1.82) is 0 Å². The minimum atomic E-state index is -0.128. The maximum Gasteiger partial charge on any atom is 0.0695 e. The Kier molecular flexibility index (Phi) is 5.67. The number of likely N-dealkylation sites (N-methyl/N-ethyl adjacent to an activating group) is 1. The fraction of sp³-hybridized carbons (Fsp3) is 1.00. The monoisotopic (exact) mass is 255 g/mol. The van der Waals surface area contributed by atoms with E-state index < -0.39 is 0 Å². The van der Waals surface area contributed by atoms with Crippen molar-refractivity contribution < 1.29 is 5.11 Å². The van der Waals surface area contributed by atoms with E-state index in [0.717, 1.165) is 25.3 Å². The van der Waals surface area contributed by atoms with E-state index in [0.29, 0.717) is 17.5 Å². The highest BCUT2D eigenvalue weighted by molar-refractivity contribution is 4.92. The Labute approximate surface area is 114 Å². The molecule has 0 heterocycles. The Hall–Kier alpha value is -0.0800. The summed E-state index contributed by atoms with van der Waals surface area (Å²) in [5.74, 6) is 0.753. The molecule has 18 heavy (non-hydrogen) atoms. The van der Waals surface area contributed by atoms with E-state index >= 15 is 0 Å². The lowest BCUT2D eigenvalue weighted by Crippen LogP contribution is -2.51. The molecular weight excluding hydrogens is 222 g/mol. The molecule has 0 bridgehead atoms. The Balaban J connectivity index is 2.78. The smallest absolute Gasteiger partial charge is 0.0695 e. The summed E-state index contributed by atoms with van der Waals surface area (Å²) >= 11 is 0. The number of aliphatic hydroxyl groups is 1. The molecule has 2 nitrogen and oxygen atoms in total. The number of hydrogen-bond acceptors (Lipinski definition) is 2. The summed E-state index contributed by atoms with van der Waals surface area (Å²) in [6.07, 6.45) is 4.43. The third-order valence-corrected chi connectivity index (χ3v) is 5.25. The highest BCUT2D eigenvalue weighted by Crippen LogP contribution is 2.41. The van der Waals surface area contributed by atoms with Crippen molar-refractivity contribution in [1.82, 2.24) is 4.90 Å². The van der Waals surface area contributed by atoms with Crippen LogP contribution in [0.5, 0.6) is 0 Å². The zero-order chi connectivity index (χ0) is 13.9. The zero-order valence-electron chi connectivity index (χ0n) is 13.2. The third kappa shape index (κ3) is 3.48. The normalized spacial score (nSPS) is 30.2. The highest BCUT2D eigenvalue weighted by atomic mass is 16.3. The summed E-state index contributed by atoms with van der Waals surface area (Å²) < 4.78 is 0. The van der Waals surface area contributed by atoms with Crippen molar-refractivity contribution in [3.05, 3.63) is 0 Å². The lowest BCUT2D eigenvalue weighted by Gasteiger charge is -2.46. The van der Waals surface area contributed by atoms with Crippen molar-refractivity contribution in [2.45, 2.75) is 85.4 Å². The standard InChI is InChI=1S/C16H33NO/c1-7-16(5,6)13-9-10-15(18)14(11-13)17(8-2)12(3)4/h12-15,18H,7-11H2,1-6H3. The maximum absolute atomic E-state index is 10.3. The lowest BCUT2D eigenvalue weighted by molar-refractivity contribution is -0.0298. The molecule has 0 radical (unpaired) electrons. The van der Waals surface area contributed by atoms with E-state index in [1.165, 1.54) is 12.8 Å². The fourth-order valence-corrected chi connectivity index (χ4v) is 3.47. The molecule has 2 heteroatoms. The van der Waals surface area contributed by atoms with E-state index in [4.69, 9.17) is 0 Å². The molecule has 3 atom stereocenters. The van der Waals surface area contributed by atoms with Gasteiger partial charge in [0.15, 0.2) is 0 Å². The Morgan fingerprint density at radius 3 is 2.28 bits per heavy atom. The van der Waals surface area contributed by atoms with Crippen LogP contribution in [-0.4, -0.2) is 34.7 Å². The second-order valence-electron chi connectivity index (χ2n) is 6.91. The van der Waals surface area contributed by atoms with Crippen LogP contribution in [0.2, 0.25) is 0 Å². The third-order valence-electron chi connectivity index (χ3n) is 5.25. The van der Waals surface area contributed by atoms with Crippen molar-refractivity contribution in [2.24, 2.45) is 11.3 Å². The van der Waals surface area contributed by atoms with Gasteiger partial charge in [-0.3, -0.25) is 4.90 Å². The van der Waals surface area contributed by atoms with Crippen LogP contribution in [0.15, 0.2) is 0 Å². The quantitative estimate of drug-likeness (QED) is 0.810. The number of hydrogen-bond donors (Lipinski definition) is 1. The van der Waals surface area contributed by atoms with Crippen molar-refractivity contribution >= 4 is 0 Å². The highest BCUT2D eigenvalue weighted by Gasteiger charge is 2.39. The predicted molar refractivity (Wildman–Crippen MR) is 78.7 cm³/mol. The second kappa shape index (κ2) is 6.38. The lowest BCUT2D eigenvalue weighted by atomic mass is 9.67. The molecule has 1 saturated carbocycles. The first kappa shape index (κ1) is 16.0. The molecule has 0 aromatic carbocycles. The van der Waals surface area contributed by atoms with Gasteiger partial charge in [0, 0.05) is 12.1 Å². The van der Waals surface area contributed by atoms with Gasteiger partial charge in [0.25, 0.3) is 0 Å². The van der Waals surface area contributed by atoms with Gasteiger partial charge < -0.3 is 5.11 Å². The molecule has 1 N–H and O–H groups in total. The molecule has 0 spiro atoms. The van der Waals surface area contributed by atoms with Gasteiger partial charge in [0.2, 0.25) is 0 Å². The van der Waals surface area contributed by atoms with Crippen LogP contribution in [0.25, 0.3) is 0 Å². The molecule has 1 aliphatic rings. The van der Waals surface area contributed by atoms with Gasteiger partial charge in [-0.15, -0.1) is 0 Å². The van der Waals surface area contributed by atoms with E-state index in [1.807, 2.05) is 0 Å². The Bertz CT molecular complexity index is 249. The Morgan fingerprint density at radius 2 is 1.83 bits per heavy atom. The molecule has 108 valence electrons. The van der Waals surface area contributed by atoms with Crippen molar-refractivity contribution in [2.75, 3.05) is 6.54 Å². The first-order valence-electron chi connectivity index (χ1n) is 7.77. The average molecular weight is 255 g/mol. The van der Waals surface area contributed by atoms with E-state index in [9.17, 15) is 5.11 Å². The average Bonchev–Trinajstić information content (AvgIpc) is 2.31. The van der Waals surface area contributed by atoms with Crippen LogP contribution in [0.4, 0.5) is 0 Å². The van der Waals surface area contributed by atoms with Gasteiger partial charge in [0.1, 0.15) is 0 Å². The maximum atomic E-state index is 10.3. The van der Waals surface area contributed by atoms with Crippen LogP contribution in [0, 0.1) is 11.3 Å². The van der Waals surface area contributed by atoms with Crippen LogP contribution < -0.4 is 0 Å². The molecule has 1 fully saturated rings. The van der Waals surface area contributed by atoms with Gasteiger partial charge >= 0.3 is 0 Å². The topological polar surface area (TPSA) is 23.5 Å². The summed E-state index contributed by atoms with van der Waals surface area (Å²) in [6, 6.07) is 0.887. The van der Waals surface area contributed by atoms with Crippen molar-refractivity contribution in [3.8, 4) is 0 Å². The largest absolute Gasteiger partial charge is 0.391 e. The summed E-state index contributed by atoms with van der Waals surface area (Å²) in [7, 11) is 0. The molecule has 0 aliphatic heterocycles. The summed E-state index contributed by atoms with van der Waals surface area (Å²) in [6.45, 7) is 14.8. The minimum absolute atomic E-state index is 0.128. The first-order valence-corrected chi connectivity index (χ1v) is 7.77. The van der Waals surface area contributed by atoms with Crippen LogP contribution in [0.1, 0.15) is 67.2 Å². The molecule has 0 aromatic heterocycles. The van der Waals surface area contributed by atoms with Gasteiger partial charge in [-0.1, -0.05) is 34.1 Å². The second-order valence-corrected chi connectivity index (χ2v) is 6.91. The minimum Gasteiger partial charge on any atom is -0.391 e. The van der Waals surface area contributed by atoms with Gasteiger partial charge in [-0.05, 0) is 51.0 Å². The molecule has 0 aromatic rings. The molecule has 1 rings (SSSR count). The number of rotatable bonds is 5. The van der Waals surface area contributed by atoms with Gasteiger partial charge in [-0.2, -0.15) is 0 Å². The molecule has 1 aliphatic carbocycles. The number of aliphatic hydroxyl groups excluding tert-OH is 1. The SMILES string of the molecule is CCN(C(C)C)C1CC(C(C)(C)CC)CCC1O. The zero-order valence-corrected chi connectivity index (χ0v) is 13.2. The van der Waals surface area contributed by atoms with Crippen LogP contribution in [-0.2, 0) is 0 Å². The summed E-state index contributed by atoms with van der Waals surface area (Å²) in [5.41, 5.74) is 0.411. The van der Waals surface area contributed by atoms with Crippen LogP contribution in [0.3, 0.4) is 0 Å².